The van der Waals surface area contributed by atoms with Crippen LogP contribution in [0.2, 0.25) is 0 Å². The van der Waals surface area contributed by atoms with Gasteiger partial charge in [0, 0.05) is 0 Å². The Bertz CT molecular complexity index is 306. The molecule has 0 aliphatic carbocycles. The zero-order valence-corrected chi connectivity index (χ0v) is 14.1. The van der Waals surface area contributed by atoms with Crippen LogP contribution in [0.25, 0.3) is 0 Å². The Labute approximate surface area is 130 Å². The van der Waals surface area contributed by atoms with E-state index in [9.17, 15) is 4.57 Å². The maximum Gasteiger partial charge on any atom is 1.00 e. The topological polar surface area (TPSA) is 17.1 Å². The van der Waals surface area contributed by atoms with Crippen LogP contribution < -0.4 is 34.9 Å². The van der Waals surface area contributed by atoms with Gasteiger partial charge in [0.25, 0.3) is 0 Å². The molecule has 1 nitrogen and oxygen atoms in total. The van der Waals surface area contributed by atoms with Gasteiger partial charge in [0.2, 0.25) is 0 Å². The summed E-state index contributed by atoms with van der Waals surface area (Å²) in [5.74, 6) is 0. The monoisotopic (exact) mass is 261 g/mol. The summed E-state index contributed by atoms with van der Waals surface area (Å²) >= 11 is 0. The first-order valence-electron chi connectivity index (χ1n) is 6.34. The Kier molecular flexibility index (Phi) is 11.6. The molecule has 0 bridgehead atoms. The van der Waals surface area contributed by atoms with E-state index in [1.54, 1.807) is 0 Å². The molecule has 0 aromatic heterocycles. The van der Waals surface area contributed by atoms with Gasteiger partial charge in [0.05, 0.1) is 0 Å². The molecule has 1 rings (SSSR count). The molecule has 0 saturated carbocycles. The molecule has 0 heterocycles. The third-order valence-electron chi connectivity index (χ3n) is 2.76. The summed E-state index contributed by atoms with van der Waals surface area (Å²) in [6.45, 7) is 2.23. The minimum Gasteiger partial charge on any atom is -1.00 e. The van der Waals surface area contributed by atoms with Gasteiger partial charge in [-0.3, -0.25) is 0 Å². The Morgan fingerprint density at radius 3 is 2.24 bits per heavy atom. The van der Waals surface area contributed by atoms with Gasteiger partial charge >= 0.3 is 37.4 Å². The van der Waals surface area contributed by atoms with Gasteiger partial charge in [-0.05, 0) is 25.0 Å². The maximum absolute atomic E-state index is 11.9. The first-order chi connectivity index (χ1) is 7.84. The first kappa shape index (κ1) is 17.3. The second kappa shape index (κ2) is 11.4. The second-order valence-corrected chi connectivity index (χ2v) is 5.93. The first-order valence-corrected chi connectivity index (χ1v) is 7.79. The Balaban J connectivity index is 0. The molecule has 0 spiro atoms. The zero-order valence-electron chi connectivity index (χ0n) is 12.2. The molecule has 17 heavy (non-hydrogen) atoms. The molecule has 0 aliphatic rings. The van der Waals surface area contributed by atoms with Crippen molar-refractivity contribution >= 4 is 13.1 Å². The van der Waals surface area contributed by atoms with E-state index in [1.807, 2.05) is 30.3 Å². The van der Waals surface area contributed by atoms with Crippen molar-refractivity contribution in [1.82, 2.24) is 0 Å². The molecule has 0 amide bonds. The fourth-order valence-corrected chi connectivity index (χ4v) is 3.03. The molecule has 3 heteroatoms. The normalized spacial score (nSPS) is 10.8. The SMILES string of the molecule is CCCCCCCC[P+](=O)c1ccccc1.[H-].[Na+]. The third kappa shape index (κ3) is 8.11. The summed E-state index contributed by atoms with van der Waals surface area (Å²) in [4.78, 5) is 0. The van der Waals surface area contributed by atoms with E-state index in [0.717, 1.165) is 17.9 Å². The third-order valence-corrected chi connectivity index (χ3v) is 4.36. The van der Waals surface area contributed by atoms with Crippen LogP contribution in [-0.4, -0.2) is 6.16 Å². The number of rotatable bonds is 8. The van der Waals surface area contributed by atoms with Crippen LogP contribution in [0.1, 0.15) is 46.9 Å². The molecule has 1 aromatic rings. The Morgan fingerprint density at radius 2 is 1.59 bits per heavy atom. The van der Waals surface area contributed by atoms with Crippen molar-refractivity contribution in [3.05, 3.63) is 30.3 Å². The molecule has 0 radical (unpaired) electrons. The number of hydrogen-bond acceptors (Lipinski definition) is 1. The molecule has 0 N–H and O–H groups in total. The van der Waals surface area contributed by atoms with Gasteiger partial charge in [-0.2, -0.15) is 0 Å². The molecular weight excluding hydrogens is 238 g/mol. The Morgan fingerprint density at radius 1 is 1.00 bits per heavy atom. The van der Waals surface area contributed by atoms with E-state index in [2.05, 4.69) is 6.92 Å². The van der Waals surface area contributed by atoms with E-state index < -0.39 is 7.80 Å². The van der Waals surface area contributed by atoms with Crippen molar-refractivity contribution in [2.75, 3.05) is 6.16 Å². The summed E-state index contributed by atoms with van der Waals surface area (Å²) in [6, 6.07) is 9.83. The zero-order chi connectivity index (χ0) is 11.6. The Hall–Kier alpha value is 0.320. The van der Waals surface area contributed by atoms with E-state index in [0.29, 0.717) is 0 Å². The molecule has 1 aromatic carbocycles. The predicted octanol–water partition coefficient (Wildman–Crippen LogP) is 1.62. The standard InChI is InChI=1S/C14H22OP.Na.H/c1-2-3-4-5-6-10-13-16(15)14-11-8-7-9-12-14;;/h7-9,11-12H,2-6,10,13H2,1H3;;/q2*+1;-1. The molecule has 0 aliphatic heterocycles. The van der Waals surface area contributed by atoms with Crippen LogP contribution in [0.5, 0.6) is 0 Å². The minimum atomic E-state index is -1.15. The smallest absolute Gasteiger partial charge is 1.00 e. The van der Waals surface area contributed by atoms with Crippen molar-refractivity contribution in [3.63, 3.8) is 0 Å². The van der Waals surface area contributed by atoms with Crippen LogP contribution in [0.15, 0.2) is 30.3 Å². The van der Waals surface area contributed by atoms with Crippen molar-refractivity contribution in [3.8, 4) is 0 Å². The van der Waals surface area contributed by atoms with Crippen LogP contribution in [-0.2, 0) is 4.57 Å². The van der Waals surface area contributed by atoms with Gasteiger partial charge in [-0.1, -0.05) is 55.4 Å². The van der Waals surface area contributed by atoms with Gasteiger partial charge in [0.1, 0.15) is 0 Å². The second-order valence-electron chi connectivity index (χ2n) is 4.21. The van der Waals surface area contributed by atoms with Crippen molar-refractivity contribution < 1.29 is 35.5 Å². The number of hydrogen-bond donors (Lipinski definition) is 0. The average molecular weight is 261 g/mol. The summed E-state index contributed by atoms with van der Waals surface area (Å²) < 4.78 is 11.9. The fourth-order valence-electron chi connectivity index (χ4n) is 1.76. The summed E-state index contributed by atoms with van der Waals surface area (Å²) in [6.07, 6.45) is 8.45. The maximum atomic E-state index is 11.9. The molecule has 1 atom stereocenters. The average Bonchev–Trinajstić information content (AvgIpc) is 2.34. The summed E-state index contributed by atoms with van der Waals surface area (Å²) in [5, 5.41) is 1.01. The van der Waals surface area contributed by atoms with Crippen LogP contribution >= 0.6 is 7.80 Å². The molecular formula is C14H23NaOP+. The van der Waals surface area contributed by atoms with E-state index >= 15 is 0 Å². The van der Waals surface area contributed by atoms with Gasteiger partial charge in [-0.25, -0.2) is 0 Å². The number of unbranched alkanes of at least 4 members (excludes halogenated alkanes) is 5. The molecule has 90 valence electrons. The summed E-state index contributed by atoms with van der Waals surface area (Å²) in [5.41, 5.74) is 0. The van der Waals surface area contributed by atoms with Gasteiger partial charge in [-0.15, -0.1) is 0 Å². The van der Waals surface area contributed by atoms with E-state index in [1.165, 1.54) is 32.1 Å². The minimum absolute atomic E-state index is 0. The predicted molar refractivity (Wildman–Crippen MR) is 73.0 cm³/mol. The van der Waals surface area contributed by atoms with Crippen LogP contribution in [0.4, 0.5) is 0 Å². The van der Waals surface area contributed by atoms with Crippen molar-refractivity contribution in [2.24, 2.45) is 0 Å². The number of benzene rings is 1. The van der Waals surface area contributed by atoms with Gasteiger partial charge < -0.3 is 1.43 Å². The molecule has 0 saturated heterocycles. The van der Waals surface area contributed by atoms with Crippen LogP contribution in [0.3, 0.4) is 0 Å². The van der Waals surface area contributed by atoms with E-state index in [4.69, 9.17) is 0 Å². The fraction of sp³-hybridized carbons (Fsp3) is 0.571. The van der Waals surface area contributed by atoms with Crippen molar-refractivity contribution in [1.29, 1.82) is 0 Å². The summed E-state index contributed by atoms with van der Waals surface area (Å²) in [7, 11) is -1.15. The van der Waals surface area contributed by atoms with E-state index in [-0.39, 0.29) is 31.0 Å². The van der Waals surface area contributed by atoms with Gasteiger partial charge in [0.15, 0.2) is 11.5 Å². The quantitative estimate of drug-likeness (QED) is 0.395. The largest absolute Gasteiger partial charge is 1.00 e. The van der Waals surface area contributed by atoms with Crippen molar-refractivity contribution in [2.45, 2.75) is 45.4 Å². The van der Waals surface area contributed by atoms with Crippen LogP contribution in [0, 0.1) is 0 Å². The molecule has 1 unspecified atom stereocenters. The molecule has 0 fully saturated rings.